The number of hydrogen-bond donors (Lipinski definition) is 7. The maximum atomic E-state index is 12.9. The Kier molecular flexibility index (Phi) is 12.4. The third kappa shape index (κ3) is 10.2. The van der Waals surface area contributed by atoms with Crippen molar-refractivity contribution in [3.8, 4) is 34.5 Å². The summed E-state index contributed by atoms with van der Waals surface area (Å²) in [5, 5.41) is 68.9. The Morgan fingerprint density at radius 1 is 0.635 bits per heavy atom. The van der Waals surface area contributed by atoms with Gasteiger partial charge in [-0.3, -0.25) is 9.78 Å². The molecular formula is C35H32O17. The molecule has 0 saturated heterocycles. The van der Waals surface area contributed by atoms with Crippen LogP contribution in [0.3, 0.4) is 0 Å². The summed E-state index contributed by atoms with van der Waals surface area (Å²) in [4.78, 5) is 70.1. The van der Waals surface area contributed by atoms with Gasteiger partial charge in [-0.1, -0.05) is 18.2 Å². The lowest BCUT2D eigenvalue weighted by molar-refractivity contribution is -0.381. The molecule has 7 N–H and O–H groups in total. The number of aliphatic carboxylic acids is 1. The third-order valence-electron chi connectivity index (χ3n) is 7.41. The second-order valence-electron chi connectivity index (χ2n) is 11.1. The number of carbonyl (C=O) groups is 4. The van der Waals surface area contributed by atoms with Crippen molar-refractivity contribution >= 4 is 42.1 Å². The number of carboxylic acid groups (broad SMARTS) is 1. The summed E-state index contributed by atoms with van der Waals surface area (Å²) < 4.78 is 10.4. The van der Waals surface area contributed by atoms with Gasteiger partial charge in [0.15, 0.2) is 46.2 Å². The van der Waals surface area contributed by atoms with E-state index in [1.165, 1.54) is 55.7 Å². The zero-order valence-corrected chi connectivity index (χ0v) is 27.0. The zero-order chi connectivity index (χ0) is 38.0. The van der Waals surface area contributed by atoms with Gasteiger partial charge in [0.1, 0.15) is 12.2 Å². The van der Waals surface area contributed by atoms with Crippen molar-refractivity contribution in [1.29, 1.82) is 0 Å². The van der Waals surface area contributed by atoms with Crippen molar-refractivity contribution in [2.24, 2.45) is 0 Å². The highest BCUT2D eigenvalue weighted by Crippen LogP contribution is 2.35. The van der Waals surface area contributed by atoms with E-state index in [0.717, 1.165) is 42.5 Å². The molecule has 17 heteroatoms. The first-order valence-electron chi connectivity index (χ1n) is 15.0. The van der Waals surface area contributed by atoms with Crippen LogP contribution in [-0.2, 0) is 43.5 Å². The largest absolute Gasteiger partial charge is 0.504 e. The lowest BCUT2D eigenvalue weighted by Crippen LogP contribution is -2.58. The molecule has 0 aliphatic heterocycles. The molecule has 274 valence electrons. The number of hydrogen-bond acceptors (Lipinski definition) is 16. The summed E-state index contributed by atoms with van der Waals surface area (Å²) in [7, 11) is 1.32. The van der Waals surface area contributed by atoms with Crippen molar-refractivity contribution in [3.05, 3.63) is 89.5 Å². The van der Waals surface area contributed by atoms with Crippen LogP contribution >= 0.6 is 0 Å². The molecule has 1 saturated carbocycles. The fourth-order valence-corrected chi connectivity index (χ4v) is 4.75. The van der Waals surface area contributed by atoms with Gasteiger partial charge in [-0.25, -0.2) is 19.2 Å². The van der Waals surface area contributed by atoms with E-state index in [1.807, 2.05) is 0 Å². The third-order valence-corrected chi connectivity index (χ3v) is 7.41. The van der Waals surface area contributed by atoms with Crippen molar-refractivity contribution in [2.45, 2.75) is 36.8 Å². The predicted molar refractivity (Wildman–Crippen MR) is 175 cm³/mol. The Hall–Kier alpha value is -6.56. The Labute approximate surface area is 293 Å². The van der Waals surface area contributed by atoms with Gasteiger partial charge < -0.3 is 45.2 Å². The SMILES string of the molecule is COc1cc(C=CC(=O)OOC2C(OOC(=O)C=Cc3ccc(O)c(O)c3)CC(O)(C(=O)O)CC2OC(=O)C=Cc2ccc(O)c(O)c2)ccc1O. The number of methoxy groups -OCH3 is 1. The summed E-state index contributed by atoms with van der Waals surface area (Å²) in [6, 6.07) is 11.5. The van der Waals surface area contributed by atoms with E-state index in [2.05, 4.69) is 0 Å². The van der Waals surface area contributed by atoms with Crippen LogP contribution in [0.4, 0.5) is 0 Å². The maximum absolute atomic E-state index is 12.9. The first kappa shape index (κ1) is 38.2. The van der Waals surface area contributed by atoms with E-state index in [1.54, 1.807) is 0 Å². The number of carboxylic acids is 1. The number of aromatic hydroxyl groups is 5. The van der Waals surface area contributed by atoms with E-state index in [-0.39, 0.29) is 22.6 Å². The van der Waals surface area contributed by atoms with Crippen LogP contribution in [0.1, 0.15) is 29.5 Å². The van der Waals surface area contributed by atoms with Gasteiger partial charge in [0.2, 0.25) is 0 Å². The number of esters is 1. The Morgan fingerprint density at radius 2 is 1.10 bits per heavy atom. The molecule has 1 aliphatic rings. The van der Waals surface area contributed by atoms with Crippen LogP contribution in [0.25, 0.3) is 18.2 Å². The molecule has 3 aromatic rings. The van der Waals surface area contributed by atoms with Crippen molar-refractivity contribution < 1.29 is 83.9 Å². The van der Waals surface area contributed by atoms with E-state index >= 15 is 0 Å². The molecule has 4 unspecified atom stereocenters. The number of rotatable bonds is 13. The minimum absolute atomic E-state index is 0.117. The van der Waals surface area contributed by atoms with E-state index in [0.29, 0.717) is 5.56 Å². The number of phenolic OH excluding ortho intramolecular Hbond substituents is 5. The second kappa shape index (κ2) is 16.9. The molecule has 0 spiro atoms. The van der Waals surface area contributed by atoms with Gasteiger partial charge >= 0.3 is 23.9 Å². The maximum Gasteiger partial charge on any atom is 0.365 e. The molecule has 0 bridgehead atoms. The fourth-order valence-electron chi connectivity index (χ4n) is 4.75. The summed E-state index contributed by atoms with van der Waals surface area (Å²) in [6.07, 6.45) is -0.557. The molecule has 0 amide bonds. The fraction of sp³-hybridized carbons (Fsp3) is 0.200. The van der Waals surface area contributed by atoms with Gasteiger partial charge in [0.25, 0.3) is 0 Å². The molecule has 1 fully saturated rings. The first-order valence-corrected chi connectivity index (χ1v) is 15.0. The van der Waals surface area contributed by atoms with E-state index in [9.17, 15) is 54.9 Å². The summed E-state index contributed by atoms with van der Waals surface area (Å²) in [6.45, 7) is 0. The average molecular weight is 725 g/mol. The molecule has 0 heterocycles. The van der Waals surface area contributed by atoms with Gasteiger partial charge in [-0.05, 0) is 71.3 Å². The monoisotopic (exact) mass is 724 g/mol. The van der Waals surface area contributed by atoms with Crippen LogP contribution in [0.2, 0.25) is 0 Å². The lowest BCUT2D eigenvalue weighted by atomic mass is 9.79. The van der Waals surface area contributed by atoms with Crippen molar-refractivity contribution in [1.82, 2.24) is 0 Å². The quantitative estimate of drug-likeness (QED) is 0.0439. The highest BCUT2D eigenvalue weighted by Gasteiger charge is 2.54. The van der Waals surface area contributed by atoms with Gasteiger partial charge in [-0.15, -0.1) is 0 Å². The van der Waals surface area contributed by atoms with Gasteiger partial charge in [-0.2, -0.15) is 9.78 Å². The van der Waals surface area contributed by atoms with E-state index in [4.69, 9.17) is 29.0 Å². The minimum atomic E-state index is -2.64. The van der Waals surface area contributed by atoms with Crippen LogP contribution in [-0.4, -0.2) is 90.6 Å². The Balaban J connectivity index is 1.55. The Bertz CT molecular complexity index is 1900. The smallest absolute Gasteiger partial charge is 0.365 e. The first-order chi connectivity index (χ1) is 24.7. The predicted octanol–water partition coefficient (Wildman–Crippen LogP) is 2.87. The second-order valence-corrected chi connectivity index (χ2v) is 11.1. The van der Waals surface area contributed by atoms with E-state index < -0.39 is 83.6 Å². The molecule has 1 aliphatic carbocycles. The van der Waals surface area contributed by atoms with Crippen molar-refractivity contribution in [3.63, 3.8) is 0 Å². The van der Waals surface area contributed by atoms with Gasteiger partial charge in [0.05, 0.1) is 7.11 Å². The van der Waals surface area contributed by atoms with Gasteiger partial charge in [0, 0.05) is 31.1 Å². The molecule has 0 radical (unpaired) electrons. The molecule has 4 atom stereocenters. The molecule has 0 aromatic heterocycles. The summed E-state index contributed by atoms with van der Waals surface area (Å²) >= 11 is 0. The topological polar surface area (TPSA) is 265 Å². The van der Waals surface area contributed by atoms with Crippen LogP contribution in [0.5, 0.6) is 34.5 Å². The number of benzene rings is 3. The van der Waals surface area contributed by atoms with Crippen LogP contribution in [0, 0.1) is 0 Å². The molecule has 17 nitrogen and oxygen atoms in total. The highest BCUT2D eigenvalue weighted by atomic mass is 17.2. The Morgan fingerprint density at radius 3 is 1.60 bits per heavy atom. The normalized spacial score (nSPS) is 20.2. The molecule has 52 heavy (non-hydrogen) atoms. The number of carbonyl (C=O) groups excluding carboxylic acids is 3. The molecular weight excluding hydrogens is 692 g/mol. The molecule has 3 aromatic carbocycles. The summed E-state index contributed by atoms with van der Waals surface area (Å²) in [5.41, 5.74) is -1.73. The number of aliphatic hydroxyl groups is 1. The standard InChI is InChI=1S/C35H32O17/c1-47-27-16-21(4-10-24(27)38)7-13-32(43)51-52-33-28(48-30(41)11-5-19-2-8-22(36)25(39)14-19)17-35(46,34(44)45)18-29(33)49-50-31(42)12-6-20-3-9-23(37)26(40)15-20/h2-16,28-29,33,36-40,46H,17-18H2,1H3,(H,44,45). The van der Waals surface area contributed by atoms with Crippen molar-refractivity contribution in [2.75, 3.05) is 7.11 Å². The van der Waals surface area contributed by atoms with Crippen LogP contribution < -0.4 is 4.74 Å². The number of phenols is 5. The molecule has 4 rings (SSSR count). The van der Waals surface area contributed by atoms with Crippen LogP contribution in [0.15, 0.2) is 72.8 Å². The average Bonchev–Trinajstić information content (AvgIpc) is 3.10. The minimum Gasteiger partial charge on any atom is -0.504 e. The highest BCUT2D eigenvalue weighted by molar-refractivity contribution is 5.88. The zero-order valence-electron chi connectivity index (χ0n) is 27.0. The lowest BCUT2D eigenvalue weighted by Gasteiger charge is -2.40. The number of ether oxygens (including phenoxy) is 2. The summed E-state index contributed by atoms with van der Waals surface area (Å²) in [5.74, 6) is -6.98.